The molecule has 0 radical (unpaired) electrons. The molecule has 1 aromatic rings. The van der Waals surface area contributed by atoms with Crippen LogP contribution in [0.25, 0.3) is 0 Å². The molecule has 0 saturated heterocycles. The fourth-order valence-corrected chi connectivity index (χ4v) is 1.50. The quantitative estimate of drug-likeness (QED) is 0.610. The van der Waals surface area contributed by atoms with Crippen LogP contribution in [-0.2, 0) is 4.79 Å². The van der Waals surface area contributed by atoms with Gasteiger partial charge in [-0.1, -0.05) is 17.7 Å². The summed E-state index contributed by atoms with van der Waals surface area (Å²) in [7, 11) is 0. The summed E-state index contributed by atoms with van der Waals surface area (Å²) in [5.41, 5.74) is 1.16. The lowest BCUT2D eigenvalue weighted by molar-refractivity contribution is -0.115. The predicted octanol–water partition coefficient (Wildman–Crippen LogP) is 2.62. The Balaban J connectivity index is 2.91. The van der Waals surface area contributed by atoms with Gasteiger partial charge in [0.05, 0.1) is 0 Å². The SMILES string of the molecule is CCN(CC)C(=NC(C)=O)Oc1ccc(C)cc1. The molecule has 18 heavy (non-hydrogen) atoms. The van der Waals surface area contributed by atoms with Gasteiger partial charge in [-0.05, 0) is 32.9 Å². The van der Waals surface area contributed by atoms with Gasteiger partial charge in [0.15, 0.2) is 0 Å². The molecule has 0 aliphatic carbocycles. The van der Waals surface area contributed by atoms with Crippen LogP contribution in [0.2, 0.25) is 0 Å². The van der Waals surface area contributed by atoms with Crippen LogP contribution in [0.15, 0.2) is 29.3 Å². The van der Waals surface area contributed by atoms with E-state index in [0.717, 1.165) is 18.7 Å². The third-order valence-corrected chi connectivity index (χ3v) is 2.52. The van der Waals surface area contributed by atoms with Gasteiger partial charge >= 0.3 is 6.02 Å². The third kappa shape index (κ3) is 4.20. The number of aryl methyl sites for hydroxylation is 1. The fraction of sp³-hybridized carbons (Fsp3) is 0.429. The summed E-state index contributed by atoms with van der Waals surface area (Å²) >= 11 is 0. The lowest BCUT2D eigenvalue weighted by Gasteiger charge is -2.21. The first-order valence-corrected chi connectivity index (χ1v) is 6.15. The van der Waals surface area contributed by atoms with Crippen LogP contribution in [0.5, 0.6) is 5.75 Å². The van der Waals surface area contributed by atoms with Crippen LogP contribution < -0.4 is 4.74 Å². The van der Waals surface area contributed by atoms with Crippen LogP contribution in [0.3, 0.4) is 0 Å². The highest BCUT2D eigenvalue weighted by Gasteiger charge is 2.11. The van der Waals surface area contributed by atoms with Crippen molar-refractivity contribution in [3.63, 3.8) is 0 Å². The summed E-state index contributed by atoms with van der Waals surface area (Å²) in [6.45, 7) is 8.92. The van der Waals surface area contributed by atoms with Crippen LogP contribution in [0, 0.1) is 6.92 Å². The zero-order valence-electron chi connectivity index (χ0n) is 11.4. The van der Waals surface area contributed by atoms with Crippen molar-refractivity contribution >= 4 is 11.9 Å². The second kappa shape index (κ2) is 6.79. The van der Waals surface area contributed by atoms with Gasteiger partial charge in [0.2, 0.25) is 5.91 Å². The summed E-state index contributed by atoms with van der Waals surface area (Å²) in [6.07, 6.45) is 0. The van der Waals surface area contributed by atoms with Crippen LogP contribution in [-0.4, -0.2) is 29.9 Å². The Hall–Kier alpha value is -1.84. The Morgan fingerprint density at radius 2 is 1.78 bits per heavy atom. The standard InChI is InChI=1S/C14H20N2O2/c1-5-16(6-2)14(15-12(4)17)18-13-9-7-11(3)8-10-13/h7-10H,5-6H2,1-4H3. The monoisotopic (exact) mass is 248 g/mol. The Labute approximate surface area is 108 Å². The van der Waals surface area contributed by atoms with Crippen molar-refractivity contribution in [3.05, 3.63) is 29.8 Å². The second-order valence-electron chi connectivity index (χ2n) is 4.00. The van der Waals surface area contributed by atoms with E-state index in [1.807, 2.05) is 49.9 Å². The average molecular weight is 248 g/mol. The number of benzene rings is 1. The highest BCUT2D eigenvalue weighted by atomic mass is 16.5. The lowest BCUT2D eigenvalue weighted by atomic mass is 10.2. The van der Waals surface area contributed by atoms with Crippen molar-refractivity contribution in [3.8, 4) is 5.75 Å². The molecule has 0 aromatic heterocycles. The fourth-order valence-electron chi connectivity index (χ4n) is 1.50. The van der Waals surface area contributed by atoms with Gasteiger partial charge < -0.3 is 9.64 Å². The van der Waals surface area contributed by atoms with Crippen LogP contribution >= 0.6 is 0 Å². The summed E-state index contributed by atoms with van der Waals surface area (Å²) in [4.78, 5) is 17.0. The Kier molecular flexibility index (Phi) is 5.36. The maximum absolute atomic E-state index is 11.1. The molecule has 0 aliphatic heterocycles. The molecule has 0 aliphatic rings. The molecular formula is C14H20N2O2. The number of amidine groups is 1. The lowest BCUT2D eigenvalue weighted by Crippen LogP contribution is -2.35. The Morgan fingerprint density at radius 3 is 2.22 bits per heavy atom. The zero-order valence-corrected chi connectivity index (χ0v) is 11.4. The van der Waals surface area contributed by atoms with E-state index in [-0.39, 0.29) is 5.91 Å². The molecule has 0 fully saturated rings. The molecule has 0 atom stereocenters. The van der Waals surface area contributed by atoms with Crippen molar-refractivity contribution in [2.24, 2.45) is 4.99 Å². The van der Waals surface area contributed by atoms with E-state index >= 15 is 0 Å². The number of hydrogen-bond acceptors (Lipinski definition) is 2. The summed E-state index contributed by atoms with van der Waals surface area (Å²) in [5.74, 6) is 0.427. The van der Waals surface area contributed by atoms with E-state index in [2.05, 4.69) is 4.99 Å². The molecule has 0 unspecified atom stereocenters. The van der Waals surface area contributed by atoms with E-state index in [1.54, 1.807) is 0 Å². The number of hydrogen-bond donors (Lipinski definition) is 0. The average Bonchev–Trinajstić information content (AvgIpc) is 2.33. The number of carbonyl (C=O) groups is 1. The smallest absolute Gasteiger partial charge is 0.300 e. The molecule has 0 bridgehead atoms. The molecule has 4 heteroatoms. The zero-order chi connectivity index (χ0) is 13.5. The van der Waals surface area contributed by atoms with Gasteiger partial charge in [0, 0.05) is 20.0 Å². The van der Waals surface area contributed by atoms with Crippen molar-refractivity contribution < 1.29 is 9.53 Å². The molecule has 4 nitrogen and oxygen atoms in total. The van der Waals surface area contributed by atoms with Gasteiger partial charge in [-0.25, -0.2) is 0 Å². The highest BCUT2D eigenvalue weighted by molar-refractivity contribution is 5.90. The Bertz CT molecular complexity index is 420. The minimum absolute atomic E-state index is 0.260. The maximum Gasteiger partial charge on any atom is 0.300 e. The number of carbonyl (C=O) groups excluding carboxylic acids is 1. The molecule has 0 heterocycles. The third-order valence-electron chi connectivity index (χ3n) is 2.52. The molecule has 1 aromatic carbocycles. The normalized spacial score (nSPS) is 11.2. The van der Waals surface area contributed by atoms with Crippen LogP contribution in [0.4, 0.5) is 0 Å². The van der Waals surface area contributed by atoms with E-state index in [4.69, 9.17) is 4.74 Å². The summed E-state index contributed by atoms with van der Waals surface area (Å²) in [5, 5.41) is 0. The summed E-state index contributed by atoms with van der Waals surface area (Å²) in [6, 6.07) is 8.02. The van der Waals surface area contributed by atoms with Gasteiger partial charge in [0.25, 0.3) is 0 Å². The minimum atomic E-state index is -0.260. The molecular weight excluding hydrogens is 228 g/mol. The van der Waals surface area contributed by atoms with Crippen molar-refractivity contribution in [1.29, 1.82) is 0 Å². The summed E-state index contributed by atoms with van der Waals surface area (Å²) < 4.78 is 5.68. The molecule has 0 saturated carbocycles. The molecule has 1 rings (SSSR count). The van der Waals surface area contributed by atoms with E-state index in [9.17, 15) is 4.79 Å². The van der Waals surface area contributed by atoms with Gasteiger partial charge in [-0.3, -0.25) is 4.79 Å². The number of nitrogens with zero attached hydrogens (tertiary/aromatic N) is 2. The molecule has 98 valence electrons. The number of aliphatic imine (C=N–C) groups is 1. The van der Waals surface area contributed by atoms with E-state index in [1.165, 1.54) is 6.92 Å². The Morgan fingerprint density at radius 1 is 1.22 bits per heavy atom. The number of rotatable bonds is 3. The van der Waals surface area contributed by atoms with Gasteiger partial charge in [-0.2, -0.15) is 4.99 Å². The molecule has 1 amide bonds. The van der Waals surface area contributed by atoms with E-state index in [0.29, 0.717) is 11.8 Å². The topological polar surface area (TPSA) is 41.9 Å². The second-order valence-corrected chi connectivity index (χ2v) is 4.00. The maximum atomic E-state index is 11.1. The van der Waals surface area contributed by atoms with Gasteiger partial charge in [0.1, 0.15) is 5.75 Å². The first-order valence-electron chi connectivity index (χ1n) is 6.15. The highest BCUT2D eigenvalue weighted by Crippen LogP contribution is 2.13. The van der Waals surface area contributed by atoms with E-state index < -0.39 is 0 Å². The van der Waals surface area contributed by atoms with Gasteiger partial charge in [-0.15, -0.1) is 0 Å². The largest absolute Gasteiger partial charge is 0.426 e. The molecule has 0 spiro atoms. The number of amides is 1. The van der Waals surface area contributed by atoms with Crippen molar-refractivity contribution in [2.45, 2.75) is 27.7 Å². The number of ether oxygens (including phenoxy) is 1. The molecule has 0 N–H and O–H groups in total. The first kappa shape index (κ1) is 14.2. The van der Waals surface area contributed by atoms with Crippen molar-refractivity contribution in [1.82, 2.24) is 4.90 Å². The van der Waals surface area contributed by atoms with Crippen LogP contribution in [0.1, 0.15) is 26.3 Å². The first-order chi connectivity index (χ1) is 8.56. The van der Waals surface area contributed by atoms with Crippen molar-refractivity contribution in [2.75, 3.05) is 13.1 Å². The predicted molar refractivity (Wildman–Crippen MR) is 72.8 cm³/mol. The minimum Gasteiger partial charge on any atom is -0.426 e.